The van der Waals surface area contributed by atoms with Crippen LogP contribution in [0.25, 0.3) is 10.9 Å². The highest BCUT2D eigenvalue weighted by Crippen LogP contribution is 2.24. The van der Waals surface area contributed by atoms with E-state index < -0.39 is 47.6 Å². The number of amides is 1. The molecule has 8 heteroatoms. The summed E-state index contributed by atoms with van der Waals surface area (Å²) in [5, 5.41) is 2.35. The van der Waals surface area contributed by atoms with Crippen molar-refractivity contribution in [1.82, 2.24) is 10.3 Å². The van der Waals surface area contributed by atoms with E-state index in [0.717, 1.165) is 24.6 Å². The first-order valence-electron chi connectivity index (χ1n) is 8.11. The lowest BCUT2D eigenvalue weighted by molar-refractivity contribution is -0.120. The second kappa shape index (κ2) is 7.38. The summed E-state index contributed by atoms with van der Waals surface area (Å²) in [6.45, 7) is 1.51. The molecule has 141 valence electrons. The van der Waals surface area contributed by atoms with Crippen LogP contribution in [0.5, 0.6) is 0 Å². The van der Waals surface area contributed by atoms with Gasteiger partial charge in [0.05, 0.1) is 24.4 Å². The van der Waals surface area contributed by atoms with Crippen LogP contribution in [0.2, 0.25) is 0 Å². The van der Waals surface area contributed by atoms with Crippen molar-refractivity contribution in [2.45, 2.75) is 25.6 Å². The molecule has 27 heavy (non-hydrogen) atoms. The summed E-state index contributed by atoms with van der Waals surface area (Å²) in [5.74, 6) is -3.53. The number of allylic oxidation sites excluding steroid dienone is 3. The van der Waals surface area contributed by atoms with Crippen molar-refractivity contribution >= 4 is 16.8 Å². The van der Waals surface area contributed by atoms with Crippen molar-refractivity contribution < 1.29 is 22.4 Å². The Kier molecular flexibility index (Phi) is 5.16. The van der Waals surface area contributed by atoms with Gasteiger partial charge >= 0.3 is 0 Å². The zero-order chi connectivity index (χ0) is 19.7. The van der Waals surface area contributed by atoms with Gasteiger partial charge in [-0.2, -0.15) is 0 Å². The molecule has 2 atom stereocenters. The van der Waals surface area contributed by atoms with Gasteiger partial charge in [0, 0.05) is 10.9 Å². The SMILES string of the molecule is C[C@H](NC(=O)Cc1cc2c(F)c(F)ccc2[nH]c1=O)C1=CC=C(F)[CH]C1F. The largest absolute Gasteiger partial charge is 0.350 e. The number of halogens is 4. The maximum absolute atomic E-state index is 13.9. The highest BCUT2D eigenvalue weighted by Gasteiger charge is 2.25. The van der Waals surface area contributed by atoms with Crippen LogP contribution >= 0.6 is 0 Å². The van der Waals surface area contributed by atoms with Crippen LogP contribution < -0.4 is 10.9 Å². The average molecular weight is 379 g/mol. The molecule has 0 aliphatic heterocycles. The van der Waals surface area contributed by atoms with Gasteiger partial charge in [-0.3, -0.25) is 9.59 Å². The molecule has 0 bridgehead atoms. The Bertz CT molecular complexity index is 1030. The fourth-order valence-electron chi connectivity index (χ4n) is 2.88. The van der Waals surface area contributed by atoms with Crippen LogP contribution in [-0.4, -0.2) is 23.1 Å². The van der Waals surface area contributed by atoms with E-state index in [1.807, 2.05) is 0 Å². The van der Waals surface area contributed by atoms with Gasteiger partial charge in [0.25, 0.3) is 5.56 Å². The van der Waals surface area contributed by atoms with Gasteiger partial charge < -0.3 is 10.3 Å². The Hall–Kier alpha value is -2.90. The van der Waals surface area contributed by atoms with Crippen molar-refractivity contribution in [2.75, 3.05) is 0 Å². The van der Waals surface area contributed by atoms with E-state index >= 15 is 0 Å². The van der Waals surface area contributed by atoms with E-state index in [1.54, 1.807) is 0 Å². The van der Waals surface area contributed by atoms with Crippen molar-refractivity contribution in [1.29, 1.82) is 0 Å². The van der Waals surface area contributed by atoms with Gasteiger partial charge in [-0.1, -0.05) is 6.08 Å². The number of alkyl halides is 1. The molecule has 1 aliphatic carbocycles. The van der Waals surface area contributed by atoms with Gasteiger partial charge in [0.15, 0.2) is 11.6 Å². The van der Waals surface area contributed by atoms with Crippen LogP contribution in [0.3, 0.4) is 0 Å². The molecule has 1 unspecified atom stereocenters. The predicted octanol–water partition coefficient (Wildman–Crippen LogP) is 3.19. The van der Waals surface area contributed by atoms with Crippen LogP contribution in [0, 0.1) is 18.1 Å². The third-order valence-corrected chi connectivity index (χ3v) is 4.28. The molecular weight excluding hydrogens is 364 g/mol. The minimum absolute atomic E-state index is 0.0661. The lowest BCUT2D eigenvalue weighted by Gasteiger charge is -2.22. The normalized spacial score (nSPS) is 18.0. The zero-order valence-corrected chi connectivity index (χ0v) is 14.2. The van der Waals surface area contributed by atoms with E-state index in [-0.39, 0.29) is 22.0 Å². The first-order valence-corrected chi connectivity index (χ1v) is 8.11. The number of rotatable bonds is 4. The number of fused-ring (bicyclic) bond motifs is 1. The number of pyridine rings is 1. The molecular formula is C19H15F4N2O2. The van der Waals surface area contributed by atoms with Gasteiger partial charge in [-0.25, -0.2) is 17.6 Å². The number of carbonyl (C=O) groups is 1. The molecule has 4 nitrogen and oxygen atoms in total. The highest BCUT2D eigenvalue weighted by molar-refractivity contribution is 5.83. The minimum Gasteiger partial charge on any atom is -0.350 e. The topological polar surface area (TPSA) is 62.0 Å². The molecule has 0 fully saturated rings. The summed E-state index contributed by atoms with van der Waals surface area (Å²) in [6, 6.07) is 2.48. The standard InChI is InChI=1S/C19H15F4N2O2/c1-9(12-3-2-11(20)8-15(12)22)24-17(26)7-10-6-13-16(25-19(10)27)5-4-14(21)18(13)23/h2-6,8-9,15H,7H2,1H3,(H,24,26)(H,25,27)/t9-,15?/m0/s1. The van der Waals surface area contributed by atoms with Gasteiger partial charge in [-0.05, 0) is 36.8 Å². The second-order valence-electron chi connectivity index (χ2n) is 6.20. The zero-order valence-electron chi connectivity index (χ0n) is 14.2. The maximum Gasteiger partial charge on any atom is 0.252 e. The monoisotopic (exact) mass is 379 g/mol. The molecule has 0 saturated carbocycles. The summed E-state index contributed by atoms with van der Waals surface area (Å²) < 4.78 is 54.1. The predicted molar refractivity (Wildman–Crippen MR) is 92.3 cm³/mol. The molecule has 0 spiro atoms. The summed E-state index contributed by atoms with van der Waals surface area (Å²) in [7, 11) is 0. The molecule has 1 aromatic heterocycles. The van der Waals surface area contributed by atoms with Crippen molar-refractivity contribution in [2.24, 2.45) is 0 Å². The number of H-pyrrole nitrogens is 1. The van der Waals surface area contributed by atoms with E-state index in [9.17, 15) is 27.2 Å². The second-order valence-corrected chi connectivity index (χ2v) is 6.20. The third-order valence-electron chi connectivity index (χ3n) is 4.28. The van der Waals surface area contributed by atoms with Crippen LogP contribution in [-0.2, 0) is 11.2 Å². The highest BCUT2D eigenvalue weighted by atomic mass is 19.2. The van der Waals surface area contributed by atoms with Crippen molar-refractivity contribution in [3.8, 4) is 0 Å². The molecule has 1 radical (unpaired) electrons. The molecule has 1 heterocycles. The first kappa shape index (κ1) is 18.9. The van der Waals surface area contributed by atoms with Crippen LogP contribution in [0.4, 0.5) is 17.6 Å². The van der Waals surface area contributed by atoms with Crippen molar-refractivity contribution in [3.63, 3.8) is 0 Å². The van der Waals surface area contributed by atoms with Crippen molar-refractivity contribution in [3.05, 3.63) is 75.7 Å². The molecule has 1 aliphatic rings. The van der Waals surface area contributed by atoms with Gasteiger partial charge in [-0.15, -0.1) is 0 Å². The van der Waals surface area contributed by atoms with Crippen LogP contribution in [0.15, 0.2) is 46.5 Å². The smallest absolute Gasteiger partial charge is 0.252 e. The fraction of sp³-hybridized carbons (Fsp3) is 0.211. The molecule has 3 rings (SSSR count). The number of aromatic amines is 1. The lowest BCUT2D eigenvalue weighted by atomic mass is 9.96. The molecule has 2 N–H and O–H groups in total. The average Bonchev–Trinajstić information content (AvgIpc) is 2.59. The molecule has 0 saturated heterocycles. The van der Waals surface area contributed by atoms with Crippen LogP contribution in [0.1, 0.15) is 12.5 Å². The summed E-state index contributed by atoms with van der Waals surface area (Å²) >= 11 is 0. The minimum atomic E-state index is -1.67. The van der Waals surface area contributed by atoms with Gasteiger partial charge in [0.2, 0.25) is 5.91 Å². The number of carbonyl (C=O) groups excluding carboxylic acids is 1. The number of nitrogens with one attached hydrogen (secondary N) is 2. The maximum atomic E-state index is 13.9. The molecule has 1 aromatic carbocycles. The van der Waals surface area contributed by atoms with E-state index in [2.05, 4.69) is 10.3 Å². The Labute approximate surface area is 151 Å². The lowest BCUT2D eigenvalue weighted by Crippen LogP contribution is -2.38. The Morgan fingerprint density at radius 2 is 2.00 bits per heavy atom. The van der Waals surface area contributed by atoms with E-state index in [4.69, 9.17) is 0 Å². The third kappa shape index (κ3) is 3.94. The summed E-state index contributed by atoms with van der Waals surface area (Å²) in [6.07, 6.45) is 1.02. The summed E-state index contributed by atoms with van der Waals surface area (Å²) in [5.41, 5.74) is -0.419. The molecule has 2 aromatic rings. The Morgan fingerprint density at radius 1 is 1.26 bits per heavy atom. The fourth-order valence-corrected chi connectivity index (χ4v) is 2.88. The quantitative estimate of drug-likeness (QED) is 0.802. The van der Waals surface area contributed by atoms with E-state index in [1.165, 1.54) is 19.1 Å². The molecule has 1 amide bonds. The number of hydrogen-bond donors (Lipinski definition) is 2. The Balaban J connectivity index is 1.79. The number of aromatic nitrogens is 1. The Morgan fingerprint density at radius 3 is 2.70 bits per heavy atom. The first-order chi connectivity index (χ1) is 12.8. The number of hydrogen-bond acceptors (Lipinski definition) is 2. The number of benzene rings is 1. The van der Waals surface area contributed by atoms with E-state index in [0.29, 0.717) is 0 Å². The summed E-state index contributed by atoms with van der Waals surface area (Å²) in [4.78, 5) is 26.7. The van der Waals surface area contributed by atoms with Gasteiger partial charge in [0.1, 0.15) is 12.0 Å².